The van der Waals surface area contributed by atoms with Crippen LogP contribution in [0, 0.1) is 4.77 Å². The lowest BCUT2D eigenvalue weighted by atomic mass is 10.2. The number of amides is 1. The Hall–Kier alpha value is -3.29. The summed E-state index contributed by atoms with van der Waals surface area (Å²) in [7, 11) is 1.35. The molecule has 1 aliphatic rings. The van der Waals surface area contributed by atoms with E-state index in [1.54, 1.807) is 4.57 Å². The van der Waals surface area contributed by atoms with Crippen LogP contribution < -0.4 is 10.1 Å². The minimum Gasteiger partial charge on any atom is -0.480 e. The van der Waals surface area contributed by atoms with Crippen molar-refractivity contribution in [3.8, 4) is 11.7 Å². The van der Waals surface area contributed by atoms with Crippen LogP contribution in [0.15, 0.2) is 18.3 Å². The van der Waals surface area contributed by atoms with Crippen LogP contribution in [0.5, 0.6) is 5.88 Å². The Balaban J connectivity index is 1.61. The predicted octanol–water partition coefficient (Wildman–Crippen LogP) is 2.21. The number of methoxy groups -OCH3 is 1. The van der Waals surface area contributed by atoms with Gasteiger partial charge in [-0.05, 0) is 31.1 Å². The molecule has 1 saturated carbocycles. The molecule has 4 rings (SSSR count). The van der Waals surface area contributed by atoms with Gasteiger partial charge in [-0.1, -0.05) is 0 Å². The van der Waals surface area contributed by atoms with Crippen LogP contribution in [0.4, 0.5) is 13.2 Å². The number of carbonyl (C=O) groups is 1. The molecule has 0 radical (unpaired) electrons. The molecule has 1 amide bonds. The van der Waals surface area contributed by atoms with Crippen LogP contribution in [-0.2, 0) is 12.7 Å². The minimum absolute atomic E-state index is 0.0900. The Morgan fingerprint density at radius 2 is 2.13 bits per heavy atom. The summed E-state index contributed by atoms with van der Waals surface area (Å²) in [5, 5.41) is 20.1. The highest BCUT2D eigenvalue weighted by atomic mass is 32.1. The number of nitrogens with one attached hydrogen (secondary N) is 2. The first-order valence-electron chi connectivity index (χ1n) is 8.77. The highest BCUT2D eigenvalue weighted by Gasteiger charge is 2.41. The third-order valence-electron chi connectivity index (χ3n) is 4.43. The second kappa shape index (κ2) is 7.51. The van der Waals surface area contributed by atoms with Crippen LogP contribution in [0.25, 0.3) is 5.82 Å². The van der Waals surface area contributed by atoms with Crippen LogP contribution in [-0.4, -0.2) is 47.8 Å². The standard InChI is InChI=1S/C16H15F3N8O2S/c1-29-12-5-4-10(22-24-12)27-13(16(17,18)19)9(6-21-27)14(28)20-7-11-23-25-15(30)26(11)8-2-3-8/h4-6,8H,2-3,7H2,1H3,(H,20,28)(H,25,30). The second-order valence-corrected chi connectivity index (χ2v) is 6.87. The number of carbonyl (C=O) groups excluding carboxylic acids is 1. The van der Waals surface area contributed by atoms with Gasteiger partial charge in [0, 0.05) is 12.1 Å². The summed E-state index contributed by atoms with van der Waals surface area (Å²) < 4.78 is 48.7. The number of H-pyrrole nitrogens is 1. The van der Waals surface area contributed by atoms with Gasteiger partial charge in [0.25, 0.3) is 5.91 Å². The molecule has 14 heteroatoms. The van der Waals surface area contributed by atoms with Gasteiger partial charge in [0.2, 0.25) is 5.88 Å². The van der Waals surface area contributed by atoms with Crippen LogP contribution in [0.1, 0.15) is 40.8 Å². The molecule has 3 heterocycles. The van der Waals surface area contributed by atoms with Crippen molar-refractivity contribution < 1.29 is 22.7 Å². The van der Waals surface area contributed by atoms with Crippen molar-refractivity contribution in [1.29, 1.82) is 0 Å². The Kier molecular flexibility index (Phi) is 5.01. The Bertz CT molecular complexity index is 1130. The molecule has 0 bridgehead atoms. The molecule has 2 N–H and O–H groups in total. The summed E-state index contributed by atoms with van der Waals surface area (Å²) in [4.78, 5) is 12.5. The van der Waals surface area contributed by atoms with E-state index in [1.165, 1.54) is 19.2 Å². The van der Waals surface area contributed by atoms with E-state index in [0.29, 0.717) is 15.3 Å². The molecule has 10 nitrogen and oxygen atoms in total. The molecule has 1 aliphatic carbocycles. The van der Waals surface area contributed by atoms with Gasteiger partial charge in [-0.25, -0.2) is 4.68 Å². The molecule has 0 atom stereocenters. The molecule has 0 saturated heterocycles. The maximum atomic E-state index is 13.7. The molecule has 1 fully saturated rings. The van der Waals surface area contributed by atoms with Crippen LogP contribution in [0.2, 0.25) is 0 Å². The maximum Gasteiger partial charge on any atom is 0.434 e. The molecule has 30 heavy (non-hydrogen) atoms. The van der Waals surface area contributed by atoms with Crippen molar-refractivity contribution >= 4 is 18.1 Å². The molecular formula is C16H15F3N8O2S. The number of ether oxygens (including phenoxy) is 1. The minimum atomic E-state index is -4.86. The monoisotopic (exact) mass is 440 g/mol. The van der Waals surface area contributed by atoms with E-state index in [-0.39, 0.29) is 24.3 Å². The van der Waals surface area contributed by atoms with Crippen molar-refractivity contribution in [3.63, 3.8) is 0 Å². The summed E-state index contributed by atoms with van der Waals surface area (Å²) in [6.45, 7) is -0.0900. The summed E-state index contributed by atoms with van der Waals surface area (Å²) in [6.07, 6.45) is -2.16. The third-order valence-corrected chi connectivity index (χ3v) is 4.72. The highest BCUT2D eigenvalue weighted by molar-refractivity contribution is 7.71. The third kappa shape index (κ3) is 3.77. The van der Waals surface area contributed by atoms with E-state index >= 15 is 0 Å². The first kappa shape index (κ1) is 20.0. The van der Waals surface area contributed by atoms with Crippen LogP contribution in [0.3, 0.4) is 0 Å². The van der Waals surface area contributed by atoms with E-state index in [4.69, 9.17) is 17.0 Å². The fourth-order valence-electron chi connectivity index (χ4n) is 2.92. The van der Waals surface area contributed by atoms with E-state index in [0.717, 1.165) is 19.0 Å². The predicted molar refractivity (Wildman–Crippen MR) is 97.6 cm³/mol. The normalized spacial score (nSPS) is 14.0. The van der Waals surface area contributed by atoms with E-state index in [1.807, 2.05) is 0 Å². The zero-order valence-corrected chi connectivity index (χ0v) is 16.3. The van der Waals surface area contributed by atoms with Crippen molar-refractivity contribution in [2.24, 2.45) is 0 Å². The molecule has 0 spiro atoms. The smallest absolute Gasteiger partial charge is 0.434 e. The Labute approximate surface area is 172 Å². The van der Waals surface area contributed by atoms with E-state index < -0.39 is 23.3 Å². The zero-order chi connectivity index (χ0) is 21.5. The second-order valence-electron chi connectivity index (χ2n) is 6.48. The SMILES string of the molecule is COc1ccc(-n2ncc(C(=O)NCc3n[nH]c(=S)n3C3CC3)c2C(F)(F)F)nn1. The topological polar surface area (TPSA) is 116 Å². The molecule has 158 valence electrons. The lowest BCUT2D eigenvalue weighted by molar-refractivity contribution is -0.143. The summed E-state index contributed by atoms with van der Waals surface area (Å²) in [6, 6.07) is 2.79. The average molecular weight is 440 g/mol. The Morgan fingerprint density at radius 1 is 1.37 bits per heavy atom. The molecular weight excluding hydrogens is 425 g/mol. The van der Waals surface area contributed by atoms with Gasteiger partial charge in [0.1, 0.15) is 0 Å². The van der Waals surface area contributed by atoms with Gasteiger partial charge in [-0.2, -0.15) is 23.4 Å². The van der Waals surface area contributed by atoms with E-state index in [9.17, 15) is 18.0 Å². The molecule has 0 aromatic carbocycles. The quantitative estimate of drug-likeness (QED) is 0.565. The summed E-state index contributed by atoms with van der Waals surface area (Å²) in [5.41, 5.74) is -1.91. The largest absolute Gasteiger partial charge is 0.480 e. The molecule has 0 unspecified atom stereocenters. The van der Waals surface area contributed by atoms with Crippen molar-refractivity contribution in [1.82, 2.24) is 40.1 Å². The van der Waals surface area contributed by atoms with Crippen molar-refractivity contribution in [2.75, 3.05) is 7.11 Å². The first-order valence-corrected chi connectivity index (χ1v) is 9.17. The number of halogens is 3. The van der Waals surface area contributed by atoms with Gasteiger partial charge in [0.15, 0.2) is 22.1 Å². The lowest BCUT2D eigenvalue weighted by Crippen LogP contribution is -2.27. The number of nitrogens with zero attached hydrogens (tertiary/aromatic N) is 6. The average Bonchev–Trinajstić information content (AvgIpc) is 3.32. The van der Waals surface area contributed by atoms with Gasteiger partial charge < -0.3 is 10.1 Å². The number of aromatic amines is 1. The van der Waals surface area contributed by atoms with E-state index in [2.05, 4.69) is 30.8 Å². The molecule has 3 aromatic heterocycles. The number of alkyl halides is 3. The van der Waals surface area contributed by atoms with Gasteiger partial charge in [-0.3, -0.25) is 14.5 Å². The number of hydrogen-bond donors (Lipinski definition) is 2. The summed E-state index contributed by atoms with van der Waals surface area (Å²) in [5.74, 6) is -0.595. The van der Waals surface area contributed by atoms with Crippen molar-refractivity contribution in [3.05, 3.63) is 40.2 Å². The lowest BCUT2D eigenvalue weighted by Gasteiger charge is -2.12. The summed E-state index contributed by atoms with van der Waals surface area (Å²) >= 11 is 5.16. The van der Waals surface area contributed by atoms with Gasteiger partial charge in [0.05, 0.1) is 25.4 Å². The van der Waals surface area contributed by atoms with Crippen LogP contribution >= 0.6 is 12.2 Å². The first-order chi connectivity index (χ1) is 14.3. The zero-order valence-electron chi connectivity index (χ0n) is 15.5. The van der Waals surface area contributed by atoms with Crippen molar-refractivity contribution in [2.45, 2.75) is 31.6 Å². The highest BCUT2D eigenvalue weighted by Crippen LogP contribution is 2.36. The van der Waals surface area contributed by atoms with Gasteiger partial charge >= 0.3 is 6.18 Å². The Morgan fingerprint density at radius 3 is 2.73 bits per heavy atom. The number of aromatic nitrogens is 7. The number of rotatable bonds is 6. The fourth-order valence-corrected chi connectivity index (χ4v) is 3.22. The molecule has 0 aliphatic heterocycles. The maximum absolute atomic E-state index is 13.7. The van der Waals surface area contributed by atoms with Gasteiger partial charge in [-0.15, -0.1) is 10.2 Å². The molecule has 3 aromatic rings. The fraction of sp³-hybridized carbons (Fsp3) is 0.375. The number of hydrogen-bond acceptors (Lipinski definition) is 7.